The van der Waals surface area contributed by atoms with Gasteiger partial charge in [0.05, 0.1) is 6.10 Å². The van der Waals surface area contributed by atoms with Crippen LogP contribution in [0.25, 0.3) is 0 Å². The summed E-state index contributed by atoms with van der Waals surface area (Å²) < 4.78 is 18.1. The van der Waals surface area contributed by atoms with Crippen molar-refractivity contribution in [3.63, 3.8) is 0 Å². The SMILES string of the molecule is CCC(O)c1ccc(Oc2ccc(F)cc2)nc1. The van der Waals surface area contributed by atoms with E-state index in [1.165, 1.54) is 24.3 Å². The van der Waals surface area contributed by atoms with Crippen LogP contribution in [0, 0.1) is 5.82 Å². The lowest BCUT2D eigenvalue weighted by Gasteiger charge is -2.09. The van der Waals surface area contributed by atoms with Crippen molar-refractivity contribution in [2.24, 2.45) is 0 Å². The normalized spacial score (nSPS) is 12.2. The van der Waals surface area contributed by atoms with E-state index >= 15 is 0 Å². The number of aromatic nitrogens is 1. The Labute approximate surface area is 105 Å². The Kier molecular flexibility index (Phi) is 3.89. The third-order valence-corrected chi connectivity index (χ3v) is 2.57. The first kappa shape index (κ1) is 12.5. The number of halogens is 1. The molecule has 2 rings (SSSR count). The second kappa shape index (κ2) is 5.60. The summed E-state index contributed by atoms with van der Waals surface area (Å²) in [5.41, 5.74) is 0.754. The molecule has 0 aliphatic heterocycles. The smallest absolute Gasteiger partial charge is 0.219 e. The minimum absolute atomic E-state index is 0.309. The molecule has 18 heavy (non-hydrogen) atoms. The van der Waals surface area contributed by atoms with Crippen LogP contribution in [-0.2, 0) is 0 Å². The second-order valence-electron chi connectivity index (χ2n) is 3.91. The van der Waals surface area contributed by atoms with Crippen molar-refractivity contribution in [1.29, 1.82) is 0 Å². The lowest BCUT2D eigenvalue weighted by atomic mass is 10.1. The molecule has 0 amide bonds. The average molecular weight is 247 g/mol. The third kappa shape index (κ3) is 3.05. The Balaban J connectivity index is 2.08. The van der Waals surface area contributed by atoms with E-state index in [1.54, 1.807) is 18.3 Å². The first-order chi connectivity index (χ1) is 8.69. The van der Waals surface area contributed by atoms with E-state index in [-0.39, 0.29) is 5.82 Å². The highest BCUT2D eigenvalue weighted by molar-refractivity contribution is 5.28. The Bertz CT molecular complexity index is 496. The maximum atomic E-state index is 12.7. The van der Waals surface area contributed by atoms with Gasteiger partial charge in [-0.05, 0) is 42.3 Å². The maximum Gasteiger partial charge on any atom is 0.219 e. The van der Waals surface area contributed by atoms with E-state index in [1.807, 2.05) is 6.92 Å². The van der Waals surface area contributed by atoms with E-state index in [4.69, 9.17) is 4.74 Å². The third-order valence-electron chi connectivity index (χ3n) is 2.57. The molecule has 1 aromatic heterocycles. The average Bonchev–Trinajstić information content (AvgIpc) is 2.41. The van der Waals surface area contributed by atoms with Crippen molar-refractivity contribution < 1.29 is 14.2 Å². The van der Waals surface area contributed by atoms with Crippen LogP contribution in [-0.4, -0.2) is 10.1 Å². The molecule has 1 unspecified atom stereocenters. The van der Waals surface area contributed by atoms with E-state index in [9.17, 15) is 9.50 Å². The Morgan fingerprint density at radius 1 is 1.22 bits per heavy atom. The van der Waals surface area contributed by atoms with Crippen LogP contribution in [0.4, 0.5) is 4.39 Å². The maximum absolute atomic E-state index is 12.7. The monoisotopic (exact) mass is 247 g/mol. The first-order valence-corrected chi connectivity index (χ1v) is 5.76. The first-order valence-electron chi connectivity index (χ1n) is 5.76. The standard InChI is InChI=1S/C14H14FNO2/c1-2-13(17)10-3-8-14(16-9-10)18-12-6-4-11(15)5-7-12/h3-9,13,17H,2H2,1H3. The fourth-order valence-corrected chi connectivity index (χ4v) is 1.51. The molecule has 0 radical (unpaired) electrons. The van der Waals surface area contributed by atoms with Gasteiger partial charge in [0.15, 0.2) is 0 Å². The van der Waals surface area contributed by atoms with Gasteiger partial charge in [0, 0.05) is 12.3 Å². The number of aliphatic hydroxyl groups is 1. The summed E-state index contributed by atoms with van der Waals surface area (Å²) in [5.74, 6) is 0.623. The number of ether oxygens (including phenoxy) is 1. The van der Waals surface area contributed by atoms with Gasteiger partial charge in [-0.15, -0.1) is 0 Å². The number of hydrogen-bond acceptors (Lipinski definition) is 3. The van der Waals surface area contributed by atoms with Gasteiger partial charge in [-0.3, -0.25) is 0 Å². The Hall–Kier alpha value is -1.94. The highest BCUT2D eigenvalue weighted by atomic mass is 19.1. The molecular weight excluding hydrogens is 233 g/mol. The number of rotatable bonds is 4. The lowest BCUT2D eigenvalue weighted by molar-refractivity contribution is 0.173. The zero-order valence-corrected chi connectivity index (χ0v) is 10.0. The van der Waals surface area contributed by atoms with Gasteiger partial charge in [0.1, 0.15) is 11.6 Å². The van der Waals surface area contributed by atoms with Crippen LogP contribution in [0.5, 0.6) is 11.6 Å². The molecule has 0 saturated heterocycles. The lowest BCUT2D eigenvalue weighted by Crippen LogP contribution is -1.96. The second-order valence-corrected chi connectivity index (χ2v) is 3.91. The molecule has 0 aliphatic carbocycles. The molecule has 2 aromatic rings. The van der Waals surface area contributed by atoms with Crippen LogP contribution in [0.3, 0.4) is 0 Å². The number of benzene rings is 1. The topological polar surface area (TPSA) is 42.4 Å². The Morgan fingerprint density at radius 2 is 1.94 bits per heavy atom. The van der Waals surface area contributed by atoms with Crippen molar-refractivity contribution in [2.75, 3.05) is 0 Å². The van der Waals surface area contributed by atoms with Gasteiger partial charge < -0.3 is 9.84 Å². The fourth-order valence-electron chi connectivity index (χ4n) is 1.51. The minimum atomic E-state index is -0.502. The van der Waals surface area contributed by atoms with Gasteiger partial charge in [0.2, 0.25) is 5.88 Å². The molecule has 0 spiro atoms. The summed E-state index contributed by atoms with van der Waals surface area (Å²) >= 11 is 0. The van der Waals surface area contributed by atoms with Crippen LogP contribution in [0.15, 0.2) is 42.6 Å². The molecule has 1 N–H and O–H groups in total. The minimum Gasteiger partial charge on any atom is -0.439 e. The number of hydrogen-bond donors (Lipinski definition) is 1. The molecule has 1 atom stereocenters. The quantitative estimate of drug-likeness (QED) is 0.899. The van der Waals surface area contributed by atoms with Crippen LogP contribution >= 0.6 is 0 Å². The summed E-state index contributed by atoms with van der Waals surface area (Å²) in [6.07, 6.45) is 1.71. The zero-order valence-electron chi connectivity index (χ0n) is 10.0. The van der Waals surface area contributed by atoms with E-state index < -0.39 is 6.10 Å². The van der Waals surface area contributed by atoms with Gasteiger partial charge in [-0.2, -0.15) is 0 Å². The molecule has 0 fully saturated rings. The van der Waals surface area contributed by atoms with E-state index in [0.29, 0.717) is 18.1 Å². The number of pyridine rings is 1. The largest absolute Gasteiger partial charge is 0.439 e. The summed E-state index contributed by atoms with van der Waals surface area (Å²) in [4.78, 5) is 4.09. The van der Waals surface area contributed by atoms with Gasteiger partial charge in [-0.25, -0.2) is 9.37 Å². The van der Waals surface area contributed by atoms with Gasteiger partial charge in [0.25, 0.3) is 0 Å². The van der Waals surface area contributed by atoms with Crippen molar-refractivity contribution >= 4 is 0 Å². The predicted octanol–water partition coefficient (Wildman–Crippen LogP) is 3.46. The highest BCUT2D eigenvalue weighted by Gasteiger charge is 2.05. The molecule has 0 saturated carbocycles. The molecule has 1 heterocycles. The molecule has 0 bridgehead atoms. The van der Waals surface area contributed by atoms with E-state index in [2.05, 4.69) is 4.98 Å². The van der Waals surface area contributed by atoms with Gasteiger partial charge >= 0.3 is 0 Å². The molecular formula is C14H14FNO2. The zero-order chi connectivity index (χ0) is 13.0. The molecule has 4 heteroatoms. The number of nitrogens with zero attached hydrogens (tertiary/aromatic N) is 1. The summed E-state index contributed by atoms with van der Waals surface area (Å²) in [6, 6.07) is 9.16. The highest BCUT2D eigenvalue weighted by Crippen LogP contribution is 2.22. The number of aliphatic hydroxyl groups excluding tert-OH is 1. The summed E-state index contributed by atoms with van der Waals surface area (Å²) in [6.45, 7) is 1.90. The predicted molar refractivity (Wildman–Crippen MR) is 66.0 cm³/mol. The van der Waals surface area contributed by atoms with Crippen LogP contribution < -0.4 is 4.74 Å². The summed E-state index contributed by atoms with van der Waals surface area (Å²) in [7, 11) is 0. The van der Waals surface area contributed by atoms with Gasteiger partial charge in [-0.1, -0.05) is 6.92 Å². The fraction of sp³-hybridized carbons (Fsp3) is 0.214. The van der Waals surface area contributed by atoms with Crippen molar-refractivity contribution in [1.82, 2.24) is 4.98 Å². The van der Waals surface area contributed by atoms with Crippen molar-refractivity contribution in [2.45, 2.75) is 19.4 Å². The molecule has 1 aromatic carbocycles. The molecule has 94 valence electrons. The molecule has 3 nitrogen and oxygen atoms in total. The van der Waals surface area contributed by atoms with E-state index in [0.717, 1.165) is 5.56 Å². The Morgan fingerprint density at radius 3 is 2.50 bits per heavy atom. The summed E-state index contributed by atoms with van der Waals surface area (Å²) in [5, 5.41) is 9.62. The van der Waals surface area contributed by atoms with Crippen LogP contribution in [0.1, 0.15) is 25.0 Å². The molecule has 0 aliphatic rings. The van der Waals surface area contributed by atoms with Crippen molar-refractivity contribution in [3.8, 4) is 11.6 Å². The van der Waals surface area contributed by atoms with Crippen molar-refractivity contribution in [3.05, 3.63) is 54.0 Å². The van der Waals surface area contributed by atoms with Crippen LogP contribution in [0.2, 0.25) is 0 Å².